The molecule has 0 aliphatic carbocycles. The van der Waals surface area contributed by atoms with Gasteiger partial charge in [0.2, 0.25) is 0 Å². The fourth-order valence-corrected chi connectivity index (χ4v) is 3.38. The molecule has 8 nitrogen and oxygen atoms in total. The lowest BCUT2D eigenvalue weighted by Crippen LogP contribution is -2.10. The van der Waals surface area contributed by atoms with E-state index in [2.05, 4.69) is 15.4 Å². The number of ether oxygens (including phenoxy) is 1. The molecule has 2 heterocycles. The first kappa shape index (κ1) is 19.4. The maximum Gasteiger partial charge on any atom is 0.341 e. The number of benzene rings is 2. The molecule has 2 aromatic carbocycles. The van der Waals surface area contributed by atoms with E-state index >= 15 is 0 Å². The van der Waals surface area contributed by atoms with Crippen LogP contribution in [0, 0.1) is 0 Å². The Kier molecular flexibility index (Phi) is 5.30. The molecule has 4 rings (SSSR count). The summed E-state index contributed by atoms with van der Waals surface area (Å²) in [5.41, 5.74) is 4.61. The Morgan fingerprint density at radius 2 is 1.87 bits per heavy atom. The van der Waals surface area contributed by atoms with Crippen LogP contribution >= 0.6 is 0 Å². The number of nitrogens with zero attached hydrogens (tertiary/aromatic N) is 5. The van der Waals surface area contributed by atoms with Gasteiger partial charge >= 0.3 is 5.97 Å². The Balaban J connectivity index is 1.72. The average Bonchev–Trinajstić information content (AvgIpc) is 3.37. The van der Waals surface area contributed by atoms with Crippen molar-refractivity contribution in [3.63, 3.8) is 0 Å². The van der Waals surface area contributed by atoms with E-state index in [1.165, 1.54) is 13.3 Å². The van der Waals surface area contributed by atoms with Gasteiger partial charge in [-0.2, -0.15) is 5.10 Å². The van der Waals surface area contributed by atoms with Gasteiger partial charge in [-0.1, -0.05) is 29.5 Å². The molecule has 0 saturated heterocycles. The molecular weight excluding hydrogens is 382 g/mol. The van der Waals surface area contributed by atoms with Gasteiger partial charge in [-0.05, 0) is 48.2 Å². The number of hydrogen-bond donors (Lipinski definition) is 1. The molecular formula is C22H21N5O3. The summed E-state index contributed by atoms with van der Waals surface area (Å²) in [6.07, 6.45) is 4.52. The molecule has 1 N–H and O–H groups in total. The van der Waals surface area contributed by atoms with Gasteiger partial charge in [0.25, 0.3) is 0 Å². The maximum absolute atomic E-state index is 12.3. The highest BCUT2D eigenvalue weighted by Crippen LogP contribution is 2.26. The highest BCUT2D eigenvalue weighted by molar-refractivity contribution is 5.90. The van der Waals surface area contributed by atoms with Gasteiger partial charge in [0, 0.05) is 13.2 Å². The molecule has 0 aliphatic heterocycles. The van der Waals surface area contributed by atoms with Crippen LogP contribution in [0.5, 0.6) is 5.75 Å². The molecule has 0 amide bonds. The highest BCUT2D eigenvalue weighted by atomic mass is 16.5. The first-order valence-corrected chi connectivity index (χ1v) is 9.45. The molecule has 0 fully saturated rings. The lowest BCUT2D eigenvalue weighted by atomic mass is 10.0. The third-order valence-corrected chi connectivity index (χ3v) is 4.81. The smallest absolute Gasteiger partial charge is 0.341 e. The molecule has 0 bridgehead atoms. The van der Waals surface area contributed by atoms with Gasteiger partial charge in [-0.15, -0.1) is 5.10 Å². The van der Waals surface area contributed by atoms with Crippen LogP contribution in [0.25, 0.3) is 16.8 Å². The van der Waals surface area contributed by atoms with Crippen LogP contribution in [-0.2, 0) is 24.6 Å². The predicted octanol–water partition coefficient (Wildman–Crippen LogP) is 2.95. The maximum atomic E-state index is 12.3. The number of phenols is 1. The second-order valence-corrected chi connectivity index (χ2v) is 6.89. The van der Waals surface area contributed by atoms with Crippen molar-refractivity contribution in [1.82, 2.24) is 24.8 Å². The minimum Gasteiger partial charge on any atom is -0.508 e. The van der Waals surface area contributed by atoms with Crippen LogP contribution in [0.2, 0.25) is 0 Å². The summed E-state index contributed by atoms with van der Waals surface area (Å²) in [4.78, 5) is 12.3. The topological polar surface area (TPSA) is 95.1 Å². The zero-order chi connectivity index (χ0) is 21.1. The summed E-state index contributed by atoms with van der Waals surface area (Å²) in [5, 5.41) is 22.3. The van der Waals surface area contributed by atoms with Crippen LogP contribution in [0.4, 0.5) is 0 Å². The number of hydrogen-bond acceptors (Lipinski definition) is 6. The number of carbonyl (C=O) groups is 1. The summed E-state index contributed by atoms with van der Waals surface area (Å²) in [5.74, 6) is -0.228. The monoisotopic (exact) mass is 403 g/mol. The second kappa shape index (κ2) is 8.20. The van der Waals surface area contributed by atoms with Crippen molar-refractivity contribution in [3.8, 4) is 22.6 Å². The number of aromatic nitrogens is 5. The third-order valence-electron chi connectivity index (χ3n) is 4.81. The normalized spacial score (nSPS) is 10.9. The highest BCUT2D eigenvalue weighted by Gasteiger charge is 2.19. The molecule has 152 valence electrons. The van der Waals surface area contributed by atoms with Crippen LogP contribution in [-0.4, -0.2) is 43.0 Å². The number of aryl methyl sites for hydroxylation is 2. The van der Waals surface area contributed by atoms with Gasteiger partial charge in [0.1, 0.15) is 11.3 Å². The van der Waals surface area contributed by atoms with Gasteiger partial charge in [0.05, 0.1) is 30.4 Å². The molecule has 0 unspecified atom stereocenters. The summed E-state index contributed by atoms with van der Waals surface area (Å²) in [7, 11) is 3.17. The van der Waals surface area contributed by atoms with Crippen molar-refractivity contribution in [3.05, 3.63) is 77.9 Å². The van der Waals surface area contributed by atoms with Crippen molar-refractivity contribution < 1.29 is 14.6 Å². The van der Waals surface area contributed by atoms with E-state index in [0.717, 1.165) is 28.2 Å². The molecule has 0 aliphatic rings. The SMILES string of the molecule is COC(=O)c1cnn(-c2cccc(-c3cccc(O)c3)c2)c1CCc1cn(C)nn1. The minimum absolute atomic E-state index is 0.203. The minimum atomic E-state index is -0.431. The average molecular weight is 403 g/mol. The Labute approximate surface area is 173 Å². The van der Waals surface area contributed by atoms with Crippen molar-refractivity contribution in [2.24, 2.45) is 7.05 Å². The zero-order valence-electron chi connectivity index (χ0n) is 16.7. The zero-order valence-corrected chi connectivity index (χ0v) is 16.7. The van der Waals surface area contributed by atoms with Crippen molar-refractivity contribution in [2.45, 2.75) is 12.8 Å². The Morgan fingerprint density at radius 1 is 1.10 bits per heavy atom. The van der Waals surface area contributed by atoms with Crippen LogP contribution < -0.4 is 0 Å². The van der Waals surface area contributed by atoms with Gasteiger partial charge in [-0.25, -0.2) is 9.48 Å². The van der Waals surface area contributed by atoms with E-state index in [1.54, 1.807) is 27.6 Å². The van der Waals surface area contributed by atoms with E-state index in [-0.39, 0.29) is 5.75 Å². The molecule has 2 aromatic heterocycles. The first-order chi connectivity index (χ1) is 14.5. The predicted molar refractivity (Wildman–Crippen MR) is 110 cm³/mol. The summed E-state index contributed by atoms with van der Waals surface area (Å²) < 4.78 is 8.33. The van der Waals surface area contributed by atoms with E-state index in [4.69, 9.17) is 4.74 Å². The van der Waals surface area contributed by atoms with Crippen molar-refractivity contribution in [1.29, 1.82) is 0 Å². The van der Waals surface area contributed by atoms with E-state index in [0.29, 0.717) is 18.4 Å². The van der Waals surface area contributed by atoms with Crippen molar-refractivity contribution in [2.75, 3.05) is 7.11 Å². The second-order valence-electron chi connectivity index (χ2n) is 6.89. The van der Waals surface area contributed by atoms with Gasteiger partial charge in [-0.3, -0.25) is 4.68 Å². The number of rotatable bonds is 6. The Hall–Kier alpha value is -3.94. The molecule has 0 atom stereocenters. The number of carbonyl (C=O) groups excluding carboxylic acids is 1. The fourth-order valence-electron chi connectivity index (χ4n) is 3.38. The van der Waals surface area contributed by atoms with Gasteiger partial charge < -0.3 is 9.84 Å². The van der Waals surface area contributed by atoms with Gasteiger partial charge in [0.15, 0.2) is 0 Å². The Morgan fingerprint density at radius 3 is 2.57 bits per heavy atom. The molecule has 0 saturated carbocycles. The summed E-state index contributed by atoms with van der Waals surface area (Å²) in [6.45, 7) is 0. The van der Waals surface area contributed by atoms with Crippen LogP contribution in [0.3, 0.4) is 0 Å². The lowest BCUT2D eigenvalue weighted by Gasteiger charge is -2.11. The fraction of sp³-hybridized carbons (Fsp3) is 0.182. The van der Waals surface area contributed by atoms with E-state index < -0.39 is 5.97 Å². The molecule has 30 heavy (non-hydrogen) atoms. The first-order valence-electron chi connectivity index (χ1n) is 9.45. The molecule has 0 spiro atoms. The third kappa shape index (κ3) is 3.93. The number of phenolic OH excluding ortho intramolecular Hbond substituents is 1. The molecule has 0 radical (unpaired) electrons. The standard InChI is InChI=1S/C22H21N5O3/c1-26-14-17(24-25-26)9-10-21-20(22(29)30-2)13-23-27(21)18-7-3-5-15(11-18)16-6-4-8-19(28)12-16/h3-8,11-14,28H,9-10H2,1-2H3. The Bertz CT molecular complexity index is 1190. The quantitative estimate of drug-likeness (QED) is 0.498. The molecule has 8 heteroatoms. The van der Waals surface area contributed by atoms with Crippen LogP contribution in [0.1, 0.15) is 21.7 Å². The molecule has 4 aromatic rings. The number of esters is 1. The summed E-state index contributed by atoms with van der Waals surface area (Å²) >= 11 is 0. The number of methoxy groups -OCH3 is 1. The van der Waals surface area contributed by atoms with Crippen LogP contribution in [0.15, 0.2) is 60.9 Å². The van der Waals surface area contributed by atoms with Crippen molar-refractivity contribution >= 4 is 5.97 Å². The number of aromatic hydroxyl groups is 1. The largest absolute Gasteiger partial charge is 0.508 e. The lowest BCUT2D eigenvalue weighted by molar-refractivity contribution is 0.0599. The van der Waals surface area contributed by atoms with E-state index in [9.17, 15) is 9.90 Å². The summed E-state index contributed by atoms with van der Waals surface area (Å²) in [6, 6.07) is 14.8. The van der Waals surface area contributed by atoms with E-state index in [1.807, 2.05) is 43.6 Å².